The zero-order chi connectivity index (χ0) is 18.4. The zero-order valence-corrected chi connectivity index (χ0v) is 14.9. The van der Waals surface area contributed by atoms with Crippen LogP contribution in [0.1, 0.15) is 28.8 Å². The molecule has 0 unspecified atom stereocenters. The predicted molar refractivity (Wildman–Crippen MR) is 101 cm³/mol. The molecule has 0 atom stereocenters. The molecule has 0 spiro atoms. The van der Waals surface area contributed by atoms with Crippen LogP contribution < -0.4 is 10.2 Å². The molecule has 1 saturated heterocycles. The summed E-state index contributed by atoms with van der Waals surface area (Å²) in [5.41, 5.74) is 2.38. The van der Waals surface area contributed by atoms with Crippen LogP contribution in [0.3, 0.4) is 0 Å². The summed E-state index contributed by atoms with van der Waals surface area (Å²) in [6.45, 7) is 5.02. The van der Waals surface area contributed by atoms with Crippen molar-refractivity contribution in [2.24, 2.45) is 0 Å². The molecule has 6 nitrogen and oxygen atoms in total. The third kappa shape index (κ3) is 4.89. The van der Waals surface area contributed by atoms with Crippen molar-refractivity contribution in [2.45, 2.75) is 19.8 Å². The summed E-state index contributed by atoms with van der Waals surface area (Å²) in [6, 6.07) is 11.1. The summed E-state index contributed by atoms with van der Waals surface area (Å²) in [5.74, 6) is 0.660. The van der Waals surface area contributed by atoms with Gasteiger partial charge in [0.2, 0.25) is 5.91 Å². The first-order valence-electron chi connectivity index (χ1n) is 8.80. The Labute approximate surface area is 153 Å². The maximum absolute atomic E-state index is 12.1. The highest BCUT2D eigenvalue weighted by atomic mass is 16.5. The van der Waals surface area contributed by atoms with Gasteiger partial charge in [0.1, 0.15) is 5.82 Å². The maximum Gasteiger partial charge on any atom is 0.224 e. The molecule has 3 rings (SSSR count). The Hall–Kier alpha value is -2.73. The third-order valence-corrected chi connectivity index (χ3v) is 4.32. The van der Waals surface area contributed by atoms with Crippen molar-refractivity contribution < 1.29 is 14.3 Å². The highest BCUT2D eigenvalue weighted by Crippen LogP contribution is 2.16. The number of pyridine rings is 1. The van der Waals surface area contributed by atoms with Crippen molar-refractivity contribution in [1.82, 2.24) is 4.98 Å². The van der Waals surface area contributed by atoms with Crippen LogP contribution in [0.25, 0.3) is 0 Å². The molecule has 1 aromatic carbocycles. The van der Waals surface area contributed by atoms with E-state index in [1.54, 1.807) is 18.3 Å². The Kier molecular flexibility index (Phi) is 5.96. The Morgan fingerprint density at radius 3 is 2.46 bits per heavy atom. The number of Topliss-reactive ketones (excluding diaryl/α,β-unsaturated/α-hetero) is 1. The van der Waals surface area contributed by atoms with Gasteiger partial charge in [0, 0.05) is 31.5 Å². The molecule has 6 heteroatoms. The number of carbonyl (C=O) groups is 2. The van der Waals surface area contributed by atoms with Crippen LogP contribution in [0.2, 0.25) is 0 Å². The smallest absolute Gasteiger partial charge is 0.224 e. The summed E-state index contributed by atoms with van der Waals surface area (Å²) in [4.78, 5) is 30.7. The normalized spacial score (nSPS) is 14.1. The van der Waals surface area contributed by atoms with Crippen molar-refractivity contribution in [2.75, 3.05) is 36.5 Å². The van der Waals surface area contributed by atoms with Gasteiger partial charge in [-0.3, -0.25) is 9.59 Å². The number of rotatable bonds is 6. The van der Waals surface area contributed by atoms with Gasteiger partial charge >= 0.3 is 0 Å². The van der Waals surface area contributed by atoms with Crippen LogP contribution in [0.15, 0.2) is 42.6 Å². The van der Waals surface area contributed by atoms with Gasteiger partial charge in [0.25, 0.3) is 0 Å². The average Bonchev–Trinajstić information content (AvgIpc) is 2.68. The Morgan fingerprint density at radius 2 is 1.81 bits per heavy atom. The molecule has 136 valence electrons. The first-order valence-corrected chi connectivity index (χ1v) is 8.80. The van der Waals surface area contributed by atoms with E-state index in [-0.39, 0.29) is 24.5 Å². The molecular weight excluding hydrogens is 330 g/mol. The number of morpholine rings is 1. The van der Waals surface area contributed by atoms with Crippen LogP contribution in [-0.2, 0) is 9.53 Å². The highest BCUT2D eigenvalue weighted by molar-refractivity contribution is 6.00. The van der Waals surface area contributed by atoms with E-state index in [0.717, 1.165) is 24.5 Å². The minimum Gasteiger partial charge on any atom is -0.378 e. The van der Waals surface area contributed by atoms with Gasteiger partial charge in [-0.15, -0.1) is 0 Å². The number of aryl methyl sites for hydroxylation is 1. The second kappa shape index (κ2) is 8.58. The molecule has 0 saturated carbocycles. The summed E-state index contributed by atoms with van der Waals surface area (Å²) in [5, 5.41) is 2.79. The number of anilines is 2. The number of amides is 1. The van der Waals surface area contributed by atoms with E-state index in [1.165, 1.54) is 0 Å². The lowest BCUT2D eigenvalue weighted by atomic mass is 10.0. The third-order valence-electron chi connectivity index (χ3n) is 4.32. The maximum atomic E-state index is 12.1. The van der Waals surface area contributed by atoms with Gasteiger partial charge in [0.05, 0.1) is 25.1 Å². The van der Waals surface area contributed by atoms with E-state index in [4.69, 9.17) is 4.74 Å². The van der Waals surface area contributed by atoms with Crippen LogP contribution >= 0.6 is 0 Å². The van der Waals surface area contributed by atoms with Gasteiger partial charge in [-0.05, 0) is 19.1 Å². The predicted octanol–water partition coefficient (Wildman–Crippen LogP) is 2.83. The van der Waals surface area contributed by atoms with Crippen molar-refractivity contribution >= 4 is 23.2 Å². The Balaban J connectivity index is 1.48. The van der Waals surface area contributed by atoms with Crippen molar-refractivity contribution in [3.05, 3.63) is 53.7 Å². The van der Waals surface area contributed by atoms with Crippen LogP contribution in [0.5, 0.6) is 0 Å². The van der Waals surface area contributed by atoms with E-state index in [9.17, 15) is 9.59 Å². The molecule has 0 aliphatic carbocycles. The fourth-order valence-corrected chi connectivity index (χ4v) is 2.77. The van der Waals surface area contributed by atoms with Crippen molar-refractivity contribution in [3.63, 3.8) is 0 Å². The molecule has 1 N–H and O–H groups in total. The number of nitrogens with zero attached hydrogens (tertiary/aromatic N) is 2. The van der Waals surface area contributed by atoms with E-state index in [1.807, 2.05) is 31.2 Å². The van der Waals surface area contributed by atoms with Crippen molar-refractivity contribution in [1.29, 1.82) is 0 Å². The molecule has 1 fully saturated rings. The van der Waals surface area contributed by atoms with E-state index in [2.05, 4.69) is 15.2 Å². The van der Waals surface area contributed by atoms with Crippen LogP contribution in [-0.4, -0.2) is 43.0 Å². The number of hydrogen-bond donors (Lipinski definition) is 1. The second-order valence-electron chi connectivity index (χ2n) is 6.34. The lowest BCUT2D eigenvalue weighted by Crippen LogP contribution is -2.36. The molecule has 0 bridgehead atoms. The minimum absolute atomic E-state index is 0.0269. The summed E-state index contributed by atoms with van der Waals surface area (Å²) in [7, 11) is 0. The summed E-state index contributed by atoms with van der Waals surface area (Å²) >= 11 is 0. The largest absolute Gasteiger partial charge is 0.378 e. The van der Waals surface area contributed by atoms with E-state index in [0.29, 0.717) is 24.5 Å². The number of hydrogen-bond acceptors (Lipinski definition) is 5. The van der Waals surface area contributed by atoms with Crippen LogP contribution in [0.4, 0.5) is 11.5 Å². The van der Waals surface area contributed by atoms with Gasteiger partial charge in [-0.2, -0.15) is 0 Å². The molecular formula is C20H23N3O3. The average molecular weight is 353 g/mol. The first kappa shape index (κ1) is 18.1. The number of nitrogens with one attached hydrogen (secondary N) is 1. The lowest BCUT2D eigenvalue weighted by molar-refractivity contribution is -0.116. The quantitative estimate of drug-likeness (QED) is 0.809. The highest BCUT2D eigenvalue weighted by Gasteiger charge is 2.13. The van der Waals surface area contributed by atoms with E-state index < -0.39 is 0 Å². The molecule has 1 aliphatic heterocycles. The molecule has 1 amide bonds. The number of ketones is 1. The fraction of sp³-hybridized carbons (Fsp3) is 0.350. The molecule has 2 heterocycles. The fourth-order valence-electron chi connectivity index (χ4n) is 2.77. The molecule has 1 aliphatic rings. The van der Waals surface area contributed by atoms with Gasteiger partial charge < -0.3 is 15.0 Å². The number of carbonyl (C=O) groups excluding carboxylic acids is 2. The summed E-state index contributed by atoms with van der Waals surface area (Å²) < 4.78 is 5.33. The Morgan fingerprint density at radius 1 is 1.08 bits per heavy atom. The molecule has 1 aromatic heterocycles. The van der Waals surface area contributed by atoms with E-state index >= 15 is 0 Å². The van der Waals surface area contributed by atoms with Gasteiger partial charge in [0.15, 0.2) is 5.78 Å². The first-order chi connectivity index (χ1) is 12.6. The minimum atomic E-state index is -0.189. The van der Waals surface area contributed by atoms with Gasteiger partial charge in [-0.25, -0.2) is 4.98 Å². The number of ether oxygens (including phenoxy) is 1. The molecule has 26 heavy (non-hydrogen) atoms. The Bertz CT molecular complexity index is 751. The standard InChI is InChI=1S/C20H23N3O3/c1-15-2-4-16(5-3-15)18(24)7-9-20(25)22-17-6-8-19(21-14-17)23-10-12-26-13-11-23/h2-6,8,14H,7,9-13H2,1H3,(H,22,25). The van der Waals surface area contributed by atoms with Crippen molar-refractivity contribution in [3.8, 4) is 0 Å². The summed E-state index contributed by atoms with van der Waals surface area (Å²) in [6.07, 6.45) is 1.98. The molecule has 2 aromatic rings. The topological polar surface area (TPSA) is 71.5 Å². The second-order valence-corrected chi connectivity index (χ2v) is 6.34. The monoisotopic (exact) mass is 353 g/mol. The zero-order valence-electron chi connectivity index (χ0n) is 14.9. The lowest BCUT2D eigenvalue weighted by Gasteiger charge is -2.27. The van der Waals surface area contributed by atoms with Crippen LogP contribution in [0, 0.1) is 6.92 Å². The number of benzene rings is 1. The number of aromatic nitrogens is 1. The molecule has 0 radical (unpaired) electrons. The SMILES string of the molecule is Cc1ccc(C(=O)CCC(=O)Nc2ccc(N3CCOCC3)nc2)cc1. The van der Waals surface area contributed by atoms with Gasteiger partial charge in [-0.1, -0.05) is 29.8 Å².